The van der Waals surface area contributed by atoms with E-state index < -0.39 is 33.3 Å². The lowest BCUT2D eigenvalue weighted by Gasteiger charge is -2.26. The van der Waals surface area contributed by atoms with Crippen LogP contribution in [0.4, 0.5) is 10.8 Å². The topological polar surface area (TPSA) is 108 Å². The summed E-state index contributed by atoms with van der Waals surface area (Å²) in [4.78, 5) is 35.7. The first-order valence-corrected chi connectivity index (χ1v) is 16.0. The fourth-order valence-corrected chi connectivity index (χ4v) is 8.19. The number of ketones is 1. The number of hydrogen-bond acceptors (Lipinski definition) is 8. The zero-order chi connectivity index (χ0) is 29.6. The number of aromatic nitrogens is 1. The SMILES string of the molecule is Cc1ccc(C(=O)C2=C(O)C(=O)N(c3ncc(S(=O)(=O)c4ccccc4)s3)C2c2cccc(Cl)c2)c(N2CCCC2)c1. The van der Waals surface area contributed by atoms with E-state index in [1.807, 2.05) is 19.1 Å². The molecule has 1 atom stereocenters. The van der Waals surface area contributed by atoms with Crippen molar-refractivity contribution in [3.63, 3.8) is 0 Å². The summed E-state index contributed by atoms with van der Waals surface area (Å²) in [7, 11) is -3.91. The molecule has 3 aromatic carbocycles. The normalized spacial score (nSPS) is 17.4. The molecular formula is C31H26ClN3O5S2. The molecule has 6 rings (SSSR count). The highest BCUT2D eigenvalue weighted by atomic mass is 35.5. The molecule has 0 aliphatic carbocycles. The maximum absolute atomic E-state index is 14.3. The average molecular weight is 620 g/mol. The molecule has 0 bridgehead atoms. The number of amides is 1. The lowest BCUT2D eigenvalue weighted by Crippen LogP contribution is -2.31. The van der Waals surface area contributed by atoms with Crippen molar-refractivity contribution >= 4 is 55.3 Å². The maximum atomic E-state index is 14.3. The van der Waals surface area contributed by atoms with Gasteiger partial charge in [0.2, 0.25) is 9.84 Å². The van der Waals surface area contributed by atoms with E-state index in [9.17, 15) is 23.1 Å². The van der Waals surface area contributed by atoms with Gasteiger partial charge in [0, 0.05) is 29.4 Å². The predicted octanol–water partition coefficient (Wildman–Crippen LogP) is 6.32. The van der Waals surface area contributed by atoms with E-state index in [1.165, 1.54) is 23.2 Å². The number of sulfone groups is 1. The van der Waals surface area contributed by atoms with Crippen molar-refractivity contribution in [2.24, 2.45) is 0 Å². The number of benzene rings is 3. The van der Waals surface area contributed by atoms with E-state index in [-0.39, 0.29) is 19.8 Å². The molecule has 1 saturated heterocycles. The first kappa shape index (κ1) is 28.1. The summed E-state index contributed by atoms with van der Waals surface area (Å²) in [5, 5.41) is 11.7. The van der Waals surface area contributed by atoms with Crippen molar-refractivity contribution < 1.29 is 23.1 Å². The Labute approximate surface area is 252 Å². The molecule has 0 spiro atoms. The first-order chi connectivity index (χ1) is 20.2. The molecule has 4 aromatic rings. The number of nitrogens with zero attached hydrogens (tertiary/aromatic N) is 3. The van der Waals surface area contributed by atoms with Crippen molar-refractivity contribution in [2.45, 2.75) is 34.9 Å². The fourth-order valence-electron chi connectivity index (χ4n) is 5.43. The van der Waals surface area contributed by atoms with Crippen molar-refractivity contribution in [2.75, 3.05) is 22.9 Å². The maximum Gasteiger partial charge on any atom is 0.296 e. The fraction of sp³-hybridized carbons (Fsp3) is 0.194. The Morgan fingerprint density at radius 3 is 2.48 bits per heavy atom. The van der Waals surface area contributed by atoms with Gasteiger partial charge in [0.1, 0.15) is 4.21 Å². The number of Topliss-reactive ketones (excluding diaryl/α,β-unsaturated/α-hetero) is 1. The van der Waals surface area contributed by atoms with Crippen LogP contribution in [-0.2, 0) is 14.6 Å². The van der Waals surface area contributed by atoms with Gasteiger partial charge in [-0.1, -0.05) is 59.3 Å². The first-order valence-electron chi connectivity index (χ1n) is 13.4. The van der Waals surface area contributed by atoms with Crippen LogP contribution in [0.15, 0.2) is 99.4 Å². The van der Waals surface area contributed by atoms with Crippen LogP contribution in [0.2, 0.25) is 5.02 Å². The zero-order valence-electron chi connectivity index (χ0n) is 22.5. The summed E-state index contributed by atoms with van der Waals surface area (Å²) in [6.45, 7) is 3.55. The predicted molar refractivity (Wildman–Crippen MR) is 162 cm³/mol. The minimum atomic E-state index is -3.91. The molecule has 8 nitrogen and oxygen atoms in total. The second kappa shape index (κ2) is 11.0. The van der Waals surface area contributed by atoms with E-state index in [0.29, 0.717) is 16.1 Å². The number of carbonyl (C=O) groups is 2. The summed E-state index contributed by atoms with van der Waals surface area (Å²) >= 11 is 7.12. The molecule has 11 heteroatoms. The molecule has 0 radical (unpaired) electrons. The number of halogens is 1. The highest BCUT2D eigenvalue weighted by Gasteiger charge is 2.46. The molecule has 214 valence electrons. The second-order valence-corrected chi connectivity index (χ2v) is 13.8. The quantitative estimate of drug-likeness (QED) is 0.241. The summed E-state index contributed by atoms with van der Waals surface area (Å²) in [5.74, 6) is -2.05. The molecule has 1 aromatic heterocycles. The molecule has 2 aliphatic heterocycles. The molecule has 42 heavy (non-hydrogen) atoms. The molecule has 3 heterocycles. The third-order valence-corrected chi connectivity index (χ3v) is 10.9. The number of aryl methyl sites for hydroxylation is 1. The Morgan fingerprint density at radius 1 is 1.02 bits per heavy atom. The molecular weight excluding hydrogens is 594 g/mol. The van der Waals surface area contributed by atoms with E-state index >= 15 is 0 Å². The van der Waals surface area contributed by atoms with Crippen molar-refractivity contribution in [3.05, 3.63) is 112 Å². The summed E-state index contributed by atoms with van der Waals surface area (Å²) in [5.41, 5.74) is 2.46. The van der Waals surface area contributed by atoms with E-state index in [1.54, 1.807) is 48.5 Å². The van der Waals surface area contributed by atoms with Crippen LogP contribution in [0.1, 0.15) is 40.4 Å². The molecule has 1 fully saturated rings. The van der Waals surface area contributed by atoms with E-state index in [2.05, 4.69) is 9.88 Å². The largest absolute Gasteiger partial charge is 0.503 e. The molecule has 1 amide bonds. The van der Waals surface area contributed by atoms with Crippen molar-refractivity contribution in [1.29, 1.82) is 0 Å². The second-order valence-electron chi connectivity index (χ2n) is 10.2. The van der Waals surface area contributed by atoms with Crippen LogP contribution in [0, 0.1) is 6.92 Å². The van der Waals surface area contributed by atoms with Gasteiger partial charge in [-0.2, -0.15) is 0 Å². The van der Waals surface area contributed by atoms with Gasteiger partial charge in [0.15, 0.2) is 16.7 Å². The van der Waals surface area contributed by atoms with Crippen LogP contribution in [0.5, 0.6) is 0 Å². The Balaban J connectivity index is 1.46. The van der Waals surface area contributed by atoms with E-state index in [0.717, 1.165) is 48.5 Å². The Hall–Kier alpha value is -3.99. The molecule has 1 N–H and O–H groups in total. The number of anilines is 2. The van der Waals surface area contributed by atoms with Gasteiger partial charge in [-0.05, 0) is 67.3 Å². The van der Waals surface area contributed by atoms with Crippen LogP contribution in [0.25, 0.3) is 0 Å². The third kappa shape index (κ3) is 4.89. The Bertz CT molecular complexity index is 1850. The minimum Gasteiger partial charge on any atom is -0.503 e. The van der Waals surface area contributed by atoms with Gasteiger partial charge in [0.05, 0.1) is 22.7 Å². The lowest BCUT2D eigenvalue weighted by molar-refractivity contribution is -0.117. The molecule has 1 unspecified atom stereocenters. The number of hydrogen-bond donors (Lipinski definition) is 1. The minimum absolute atomic E-state index is 0.0255. The van der Waals surface area contributed by atoms with Gasteiger partial charge in [-0.15, -0.1) is 0 Å². The number of carbonyl (C=O) groups excluding carboxylic acids is 2. The number of aliphatic hydroxyl groups excluding tert-OH is 1. The van der Waals surface area contributed by atoms with Gasteiger partial charge >= 0.3 is 0 Å². The lowest BCUT2D eigenvalue weighted by atomic mass is 9.91. The van der Waals surface area contributed by atoms with Gasteiger partial charge in [-0.25, -0.2) is 13.4 Å². The number of aliphatic hydroxyl groups is 1. The summed E-state index contributed by atoms with van der Waals surface area (Å²) < 4.78 is 26.5. The highest BCUT2D eigenvalue weighted by Crippen LogP contribution is 2.45. The van der Waals surface area contributed by atoms with Crippen LogP contribution in [0.3, 0.4) is 0 Å². The summed E-state index contributed by atoms with van der Waals surface area (Å²) in [6.07, 6.45) is 3.20. The zero-order valence-corrected chi connectivity index (χ0v) is 24.9. The Morgan fingerprint density at radius 2 is 1.76 bits per heavy atom. The highest BCUT2D eigenvalue weighted by molar-refractivity contribution is 7.93. The van der Waals surface area contributed by atoms with Crippen molar-refractivity contribution in [1.82, 2.24) is 4.98 Å². The monoisotopic (exact) mass is 619 g/mol. The standard InChI is InChI=1S/C31H26ClN3O5S2/c1-19-12-13-23(24(16-19)34-14-5-6-15-34)28(36)26-27(20-8-7-9-21(32)17-20)35(30(38)29(26)37)31-33-18-25(41-31)42(39,40)22-10-3-2-4-11-22/h2-4,7-13,16-18,27,37H,5-6,14-15H2,1H3. The summed E-state index contributed by atoms with van der Waals surface area (Å²) in [6, 6.07) is 19.0. The van der Waals surface area contributed by atoms with E-state index in [4.69, 9.17) is 11.6 Å². The van der Waals surface area contributed by atoms with Gasteiger partial charge in [0.25, 0.3) is 5.91 Å². The van der Waals surface area contributed by atoms with Gasteiger partial charge in [-0.3, -0.25) is 14.5 Å². The molecule has 0 saturated carbocycles. The molecule has 2 aliphatic rings. The average Bonchev–Trinajstić information content (AvgIpc) is 3.74. The van der Waals surface area contributed by atoms with Crippen LogP contribution in [-0.4, -0.2) is 43.3 Å². The number of rotatable bonds is 7. The number of thiazole rings is 1. The van der Waals surface area contributed by atoms with Gasteiger partial charge < -0.3 is 10.0 Å². The smallest absolute Gasteiger partial charge is 0.296 e. The third-order valence-electron chi connectivity index (χ3n) is 7.46. The van der Waals surface area contributed by atoms with Crippen LogP contribution >= 0.6 is 22.9 Å². The van der Waals surface area contributed by atoms with Crippen LogP contribution < -0.4 is 9.80 Å². The van der Waals surface area contributed by atoms with Crippen molar-refractivity contribution in [3.8, 4) is 0 Å². The Kier molecular flexibility index (Phi) is 7.38.